The molecule has 1 saturated carbocycles. The Balaban J connectivity index is 1.83. The van der Waals surface area contributed by atoms with Crippen LogP contribution in [-0.4, -0.2) is 17.0 Å². The van der Waals surface area contributed by atoms with E-state index >= 15 is 0 Å². The van der Waals surface area contributed by atoms with Crippen molar-refractivity contribution in [3.8, 4) is 0 Å². The molecule has 0 spiro atoms. The van der Waals surface area contributed by atoms with Crippen LogP contribution in [0.5, 0.6) is 0 Å². The van der Waals surface area contributed by atoms with E-state index in [0.717, 1.165) is 16.9 Å². The Kier molecular flexibility index (Phi) is 4.49. The standard InChI is InChI=1S/C14H21BrN2O/c1-10-3-5-11(6-4-10)8-16-14(18)13-7-12(15)9-17(13)2/h7,9-11H,3-6,8H2,1-2H3,(H,16,18). The molecule has 1 amide bonds. The zero-order valence-corrected chi connectivity index (χ0v) is 12.7. The number of nitrogens with one attached hydrogen (secondary N) is 1. The van der Waals surface area contributed by atoms with Gasteiger partial charge in [0.25, 0.3) is 5.91 Å². The minimum atomic E-state index is 0.0295. The molecule has 1 aliphatic carbocycles. The van der Waals surface area contributed by atoms with Crippen molar-refractivity contribution in [1.29, 1.82) is 0 Å². The van der Waals surface area contributed by atoms with E-state index in [1.54, 1.807) is 0 Å². The third-order valence-corrected chi connectivity index (χ3v) is 4.32. The van der Waals surface area contributed by atoms with Gasteiger partial charge in [0.1, 0.15) is 5.69 Å². The highest BCUT2D eigenvalue weighted by Crippen LogP contribution is 2.27. The second kappa shape index (κ2) is 5.91. The highest BCUT2D eigenvalue weighted by molar-refractivity contribution is 9.10. The number of aryl methyl sites for hydroxylation is 1. The summed E-state index contributed by atoms with van der Waals surface area (Å²) in [7, 11) is 1.89. The molecule has 3 nitrogen and oxygen atoms in total. The van der Waals surface area contributed by atoms with Gasteiger partial charge in [0.05, 0.1) is 0 Å². The van der Waals surface area contributed by atoms with Gasteiger partial charge in [0.15, 0.2) is 0 Å². The zero-order chi connectivity index (χ0) is 13.1. The largest absolute Gasteiger partial charge is 0.350 e. The number of rotatable bonds is 3. The number of amides is 1. The number of hydrogen-bond donors (Lipinski definition) is 1. The summed E-state index contributed by atoms with van der Waals surface area (Å²) < 4.78 is 2.80. The van der Waals surface area contributed by atoms with E-state index < -0.39 is 0 Å². The van der Waals surface area contributed by atoms with Gasteiger partial charge in [0.2, 0.25) is 0 Å². The summed E-state index contributed by atoms with van der Waals surface area (Å²) in [5.74, 6) is 1.55. The summed E-state index contributed by atoms with van der Waals surface area (Å²) in [5, 5.41) is 3.06. The van der Waals surface area contributed by atoms with Crippen LogP contribution in [0.15, 0.2) is 16.7 Å². The molecule has 100 valence electrons. The molecule has 1 fully saturated rings. The van der Waals surface area contributed by atoms with Crippen molar-refractivity contribution in [2.24, 2.45) is 18.9 Å². The van der Waals surface area contributed by atoms with E-state index in [1.807, 2.05) is 23.9 Å². The molecule has 4 heteroatoms. The summed E-state index contributed by atoms with van der Waals surface area (Å²) in [5.41, 5.74) is 0.714. The molecule has 1 aliphatic rings. The molecular weight excluding hydrogens is 292 g/mol. The fourth-order valence-electron chi connectivity index (χ4n) is 2.61. The predicted octanol–water partition coefficient (Wildman–Crippen LogP) is 3.34. The number of halogens is 1. The van der Waals surface area contributed by atoms with Gasteiger partial charge < -0.3 is 9.88 Å². The van der Waals surface area contributed by atoms with Crippen LogP contribution in [0.3, 0.4) is 0 Å². The van der Waals surface area contributed by atoms with Crippen molar-refractivity contribution in [3.05, 3.63) is 22.4 Å². The first kappa shape index (κ1) is 13.7. The van der Waals surface area contributed by atoms with E-state index in [2.05, 4.69) is 28.2 Å². The molecule has 2 rings (SSSR count). The maximum Gasteiger partial charge on any atom is 0.267 e. The van der Waals surface area contributed by atoms with E-state index in [-0.39, 0.29) is 5.91 Å². The van der Waals surface area contributed by atoms with E-state index in [9.17, 15) is 4.79 Å². The van der Waals surface area contributed by atoms with Crippen LogP contribution in [0.25, 0.3) is 0 Å². The molecule has 1 heterocycles. The predicted molar refractivity (Wildman–Crippen MR) is 76.6 cm³/mol. The molecule has 18 heavy (non-hydrogen) atoms. The van der Waals surface area contributed by atoms with Crippen LogP contribution in [0.1, 0.15) is 43.1 Å². The Bertz CT molecular complexity index is 419. The smallest absolute Gasteiger partial charge is 0.267 e. The van der Waals surface area contributed by atoms with Crippen LogP contribution in [-0.2, 0) is 7.05 Å². The minimum absolute atomic E-state index is 0.0295. The van der Waals surface area contributed by atoms with Crippen molar-refractivity contribution in [2.75, 3.05) is 6.54 Å². The van der Waals surface area contributed by atoms with Gasteiger partial charge in [0, 0.05) is 24.3 Å². The molecule has 0 radical (unpaired) electrons. The molecule has 0 bridgehead atoms. The van der Waals surface area contributed by atoms with E-state index in [4.69, 9.17) is 0 Å². The average Bonchev–Trinajstić information content (AvgIpc) is 2.67. The first-order valence-corrected chi connectivity index (χ1v) is 7.45. The van der Waals surface area contributed by atoms with Crippen molar-refractivity contribution >= 4 is 21.8 Å². The van der Waals surface area contributed by atoms with Crippen molar-refractivity contribution in [3.63, 3.8) is 0 Å². The first-order chi connectivity index (χ1) is 8.56. The number of hydrogen-bond acceptors (Lipinski definition) is 1. The van der Waals surface area contributed by atoms with Crippen LogP contribution in [0, 0.1) is 11.8 Å². The lowest BCUT2D eigenvalue weighted by Crippen LogP contribution is -2.32. The maximum atomic E-state index is 12.0. The lowest BCUT2D eigenvalue weighted by Gasteiger charge is -2.26. The lowest BCUT2D eigenvalue weighted by atomic mass is 9.83. The number of aromatic nitrogens is 1. The Morgan fingerprint density at radius 1 is 1.44 bits per heavy atom. The van der Waals surface area contributed by atoms with Gasteiger partial charge in [-0.2, -0.15) is 0 Å². The topological polar surface area (TPSA) is 34.0 Å². The van der Waals surface area contributed by atoms with Crippen LogP contribution >= 0.6 is 15.9 Å². The zero-order valence-electron chi connectivity index (χ0n) is 11.1. The van der Waals surface area contributed by atoms with E-state index in [0.29, 0.717) is 11.6 Å². The molecule has 0 aliphatic heterocycles. The Morgan fingerprint density at radius 2 is 2.11 bits per heavy atom. The van der Waals surface area contributed by atoms with Gasteiger partial charge >= 0.3 is 0 Å². The minimum Gasteiger partial charge on any atom is -0.350 e. The van der Waals surface area contributed by atoms with Gasteiger partial charge in [-0.15, -0.1) is 0 Å². The van der Waals surface area contributed by atoms with E-state index in [1.165, 1.54) is 25.7 Å². The molecule has 1 aromatic rings. The highest BCUT2D eigenvalue weighted by atomic mass is 79.9. The quantitative estimate of drug-likeness (QED) is 0.912. The normalized spacial score (nSPS) is 23.9. The second-order valence-corrected chi connectivity index (χ2v) is 6.41. The Labute approximate surface area is 117 Å². The van der Waals surface area contributed by atoms with Gasteiger partial charge in [-0.25, -0.2) is 0 Å². The first-order valence-electron chi connectivity index (χ1n) is 6.66. The molecule has 0 saturated heterocycles. The Morgan fingerprint density at radius 3 is 2.67 bits per heavy atom. The monoisotopic (exact) mass is 312 g/mol. The van der Waals surface area contributed by atoms with Gasteiger partial charge in [-0.3, -0.25) is 4.79 Å². The third kappa shape index (κ3) is 3.37. The summed E-state index contributed by atoms with van der Waals surface area (Å²) >= 11 is 3.38. The SMILES string of the molecule is CC1CCC(CNC(=O)c2cc(Br)cn2C)CC1. The number of nitrogens with zero attached hydrogens (tertiary/aromatic N) is 1. The molecule has 1 N–H and O–H groups in total. The molecule has 1 aromatic heterocycles. The van der Waals surface area contributed by atoms with Crippen molar-refractivity contribution in [1.82, 2.24) is 9.88 Å². The molecular formula is C14H21BrN2O. The fraction of sp³-hybridized carbons (Fsp3) is 0.643. The van der Waals surface area contributed by atoms with Gasteiger partial charge in [-0.05, 0) is 46.7 Å². The molecule has 0 atom stereocenters. The summed E-state index contributed by atoms with van der Waals surface area (Å²) in [6, 6.07) is 1.86. The van der Waals surface area contributed by atoms with Crippen LogP contribution in [0.2, 0.25) is 0 Å². The number of carbonyl (C=O) groups is 1. The van der Waals surface area contributed by atoms with Crippen LogP contribution in [0.4, 0.5) is 0 Å². The van der Waals surface area contributed by atoms with Gasteiger partial charge in [-0.1, -0.05) is 19.8 Å². The Hall–Kier alpha value is -0.770. The summed E-state index contributed by atoms with van der Waals surface area (Å²) in [6.07, 6.45) is 7.00. The summed E-state index contributed by atoms with van der Waals surface area (Å²) in [4.78, 5) is 12.0. The fourth-order valence-corrected chi connectivity index (χ4v) is 3.13. The lowest BCUT2D eigenvalue weighted by molar-refractivity contribution is 0.0933. The summed E-state index contributed by atoms with van der Waals surface area (Å²) in [6.45, 7) is 3.13. The second-order valence-electron chi connectivity index (χ2n) is 5.49. The molecule has 0 unspecified atom stereocenters. The third-order valence-electron chi connectivity index (χ3n) is 3.89. The van der Waals surface area contributed by atoms with Crippen LogP contribution < -0.4 is 5.32 Å². The number of carbonyl (C=O) groups excluding carboxylic acids is 1. The van der Waals surface area contributed by atoms with Crippen molar-refractivity contribution in [2.45, 2.75) is 32.6 Å². The highest BCUT2D eigenvalue weighted by Gasteiger charge is 2.19. The van der Waals surface area contributed by atoms with Crippen molar-refractivity contribution < 1.29 is 4.79 Å². The maximum absolute atomic E-state index is 12.0. The average molecular weight is 313 g/mol. The molecule has 0 aromatic carbocycles.